The predicted octanol–water partition coefficient (Wildman–Crippen LogP) is 3.82. The van der Waals surface area contributed by atoms with E-state index < -0.39 is 5.82 Å². The number of hydrogen-bond donors (Lipinski definition) is 0. The minimum absolute atomic E-state index is 0.128. The molecule has 0 radical (unpaired) electrons. The molecule has 0 saturated heterocycles. The highest BCUT2D eigenvalue weighted by molar-refractivity contribution is 9.10. The number of carbonyl (C=O) groups excluding carboxylic acids is 1. The number of benzene rings is 1. The zero-order valence-corrected chi connectivity index (χ0v) is 9.48. The van der Waals surface area contributed by atoms with Crippen molar-refractivity contribution in [2.75, 3.05) is 0 Å². The minimum atomic E-state index is -0.405. The zero-order chi connectivity index (χ0) is 10.4. The van der Waals surface area contributed by atoms with Crippen molar-refractivity contribution in [2.24, 2.45) is 0 Å². The summed E-state index contributed by atoms with van der Waals surface area (Å²) in [7, 11) is 0. The summed E-state index contributed by atoms with van der Waals surface area (Å²) in [6.07, 6.45) is 0. The van der Waals surface area contributed by atoms with Crippen molar-refractivity contribution in [3.8, 4) is 0 Å². The number of rotatable bonds is 1. The largest absolute Gasteiger partial charge is 0.295 e. The van der Waals surface area contributed by atoms with Crippen molar-refractivity contribution in [3.63, 3.8) is 0 Å². The van der Waals surface area contributed by atoms with E-state index in [-0.39, 0.29) is 5.78 Å². The van der Waals surface area contributed by atoms with Gasteiger partial charge in [-0.15, -0.1) is 0 Å². The second-order valence-corrected chi connectivity index (χ2v) is 3.04. The third-order valence-corrected chi connectivity index (χ3v) is 1.97. The average molecular weight is 247 g/mol. The highest BCUT2D eigenvalue weighted by atomic mass is 79.9. The van der Waals surface area contributed by atoms with Gasteiger partial charge in [0.25, 0.3) is 0 Å². The second-order valence-electron chi connectivity index (χ2n) is 2.19. The van der Waals surface area contributed by atoms with Gasteiger partial charge in [0.05, 0.1) is 4.47 Å². The van der Waals surface area contributed by atoms with Gasteiger partial charge in [-0.25, -0.2) is 4.39 Å². The lowest BCUT2D eigenvalue weighted by Gasteiger charge is -1.96. The summed E-state index contributed by atoms with van der Waals surface area (Å²) in [5, 5.41) is 0. The van der Waals surface area contributed by atoms with Crippen LogP contribution in [0, 0.1) is 5.82 Å². The molecule has 0 N–H and O–H groups in total. The molecule has 13 heavy (non-hydrogen) atoms. The second kappa shape index (κ2) is 5.86. The van der Waals surface area contributed by atoms with Gasteiger partial charge in [0.1, 0.15) is 5.82 Å². The maximum absolute atomic E-state index is 12.7. The summed E-state index contributed by atoms with van der Waals surface area (Å²) in [4.78, 5) is 10.7. The first kappa shape index (κ1) is 12.3. The van der Waals surface area contributed by atoms with Crippen LogP contribution in [0.3, 0.4) is 0 Å². The van der Waals surface area contributed by atoms with Crippen molar-refractivity contribution < 1.29 is 9.18 Å². The molecule has 0 heterocycles. The number of hydrogen-bond acceptors (Lipinski definition) is 1. The molecule has 1 aromatic carbocycles. The van der Waals surface area contributed by atoms with Gasteiger partial charge in [-0.3, -0.25) is 4.79 Å². The van der Waals surface area contributed by atoms with E-state index in [1.165, 1.54) is 19.1 Å². The summed E-state index contributed by atoms with van der Waals surface area (Å²) in [5.74, 6) is -0.533. The molecule has 0 aliphatic rings. The first-order valence-corrected chi connectivity index (χ1v) is 4.86. The third kappa shape index (κ3) is 3.68. The lowest BCUT2D eigenvalue weighted by Crippen LogP contribution is -1.92. The van der Waals surface area contributed by atoms with Crippen LogP contribution in [0.15, 0.2) is 22.7 Å². The van der Waals surface area contributed by atoms with Gasteiger partial charge in [-0.2, -0.15) is 0 Å². The smallest absolute Gasteiger partial charge is 0.159 e. The van der Waals surface area contributed by atoms with E-state index >= 15 is 0 Å². The van der Waals surface area contributed by atoms with E-state index in [1.807, 2.05) is 13.8 Å². The summed E-state index contributed by atoms with van der Waals surface area (Å²) in [6, 6.07) is 4.31. The Balaban J connectivity index is 0.000000671. The molecule has 0 atom stereocenters. The maximum atomic E-state index is 12.7. The zero-order valence-electron chi connectivity index (χ0n) is 7.90. The van der Waals surface area contributed by atoms with Gasteiger partial charge in [-0.05, 0) is 35.0 Å². The fourth-order valence-electron chi connectivity index (χ4n) is 0.715. The van der Waals surface area contributed by atoms with Crippen LogP contribution in [-0.2, 0) is 0 Å². The Morgan fingerprint density at radius 2 is 1.92 bits per heavy atom. The van der Waals surface area contributed by atoms with Crippen LogP contribution in [-0.4, -0.2) is 5.78 Å². The van der Waals surface area contributed by atoms with Crippen LogP contribution < -0.4 is 0 Å². The Hall–Kier alpha value is -0.700. The van der Waals surface area contributed by atoms with Crippen molar-refractivity contribution in [1.82, 2.24) is 0 Å². The first-order valence-electron chi connectivity index (χ1n) is 4.07. The summed E-state index contributed by atoms with van der Waals surface area (Å²) in [6.45, 7) is 5.41. The van der Waals surface area contributed by atoms with E-state index in [9.17, 15) is 9.18 Å². The van der Waals surface area contributed by atoms with Crippen LogP contribution in [0.2, 0.25) is 0 Å². The fraction of sp³-hybridized carbons (Fsp3) is 0.300. The van der Waals surface area contributed by atoms with Crippen LogP contribution in [0.4, 0.5) is 4.39 Å². The standard InChI is InChI=1S/C8H6BrFO.C2H6/c1-5(11)6-2-3-7(9)8(10)4-6;1-2/h2-4H,1H3;1-2H3. The number of halogens is 2. The van der Waals surface area contributed by atoms with E-state index in [4.69, 9.17) is 0 Å². The first-order chi connectivity index (χ1) is 6.11. The lowest BCUT2D eigenvalue weighted by atomic mass is 10.1. The van der Waals surface area contributed by atoms with Gasteiger partial charge in [0.2, 0.25) is 0 Å². The van der Waals surface area contributed by atoms with E-state index in [0.717, 1.165) is 0 Å². The quantitative estimate of drug-likeness (QED) is 0.689. The number of Topliss-reactive ketones (excluding diaryl/α,β-unsaturated/α-hetero) is 1. The number of carbonyl (C=O) groups is 1. The monoisotopic (exact) mass is 246 g/mol. The SMILES string of the molecule is CC.CC(=O)c1ccc(Br)c(F)c1. The predicted molar refractivity (Wildman–Crippen MR) is 55.5 cm³/mol. The third-order valence-electron chi connectivity index (χ3n) is 1.33. The summed E-state index contributed by atoms with van der Waals surface area (Å²) in [5.41, 5.74) is 0.394. The van der Waals surface area contributed by atoms with E-state index in [2.05, 4.69) is 15.9 Å². The van der Waals surface area contributed by atoms with Crippen molar-refractivity contribution in [3.05, 3.63) is 34.1 Å². The van der Waals surface area contributed by atoms with Crippen molar-refractivity contribution in [1.29, 1.82) is 0 Å². The molecule has 1 aromatic rings. The van der Waals surface area contributed by atoms with Gasteiger partial charge < -0.3 is 0 Å². The average Bonchev–Trinajstić information content (AvgIpc) is 2.13. The van der Waals surface area contributed by atoms with Crippen molar-refractivity contribution >= 4 is 21.7 Å². The molecule has 0 saturated carbocycles. The van der Waals surface area contributed by atoms with Gasteiger partial charge >= 0.3 is 0 Å². The topological polar surface area (TPSA) is 17.1 Å². The Kier molecular flexibility index (Phi) is 5.55. The van der Waals surface area contributed by atoms with Crippen LogP contribution in [0.1, 0.15) is 31.1 Å². The minimum Gasteiger partial charge on any atom is -0.295 e. The molecular formula is C10H12BrFO. The molecule has 0 bridgehead atoms. The summed E-state index contributed by atoms with van der Waals surface area (Å²) >= 11 is 2.99. The number of ketones is 1. The normalized spacial score (nSPS) is 8.69. The molecule has 0 aliphatic carbocycles. The molecule has 0 amide bonds. The molecule has 1 rings (SSSR count). The highest BCUT2D eigenvalue weighted by Gasteiger charge is 2.02. The Bertz CT molecular complexity index is 297. The van der Waals surface area contributed by atoms with Crippen LogP contribution in [0.5, 0.6) is 0 Å². The van der Waals surface area contributed by atoms with E-state index in [1.54, 1.807) is 6.07 Å². The highest BCUT2D eigenvalue weighted by Crippen LogP contribution is 2.16. The van der Waals surface area contributed by atoms with Crippen LogP contribution >= 0.6 is 15.9 Å². The molecule has 3 heteroatoms. The molecule has 1 nitrogen and oxygen atoms in total. The van der Waals surface area contributed by atoms with Gasteiger partial charge in [0.15, 0.2) is 5.78 Å². The molecule has 72 valence electrons. The Labute approximate surface area is 86.1 Å². The Morgan fingerprint density at radius 3 is 2.31 bits per heavy atom. The Morgan fingerprint density at radius 1 is 1.38 bits per heavy atom. The lowest BCUT2D eigenvalue weighted by molar-refractivity contribution is 0.101. The summed E-state index contributed by atoms with van der Waals surface area (Å²) < 4.78 is 13.1. The molecule has 0 unspecified atom stereocenters. The van der Waals surface area contributed by atoms with Crippen molar-refractivity contribution in [2.45, 2.75) is 20.8 Å². The van der Waals surface area contributed by atoms with Crippen LogP contribution in [0.25, 0.3) is 0 Å². The van der Waals surface area contributed by atoms with E-state index in [0.29, 0.717) is 10.0 Å². The fourth-order valence-corrected chi connectivity index (χ4v) is 0.962. The maximum Gasteiger partial charge on any atom is 0.159 e. The van der Waals surface area contributed by atoms with Gasteiger partial charge in [0, 0.05) is 5.56 Å². The molecular weight excluding hydrogens is 235 g/mol. The molecule has 0 fully saturated rings. The molecule has 0 aliphatic heterocycles. The molecule has 0 spiro atoms. The van der Waals surface area contributed by atoms with Gasteiger partial charge in [-0.1, -0.05) is 19.9 Å². The molecule has 0 aromatic heterocycles.